The van der Waals surface area contributed by atoms with Crippen molar-refractivity contribution in [3.05, 3.63) is 23.2 Å². The van der Waals surface area contributed by atoms with Crippen molar-refractivity contribution in [2.75, 3.05) is 11.1 Å². The van der Waals surface area contributed by atoms with Crippen molar-refractivity contribution >= 4 is 39.1 Å². The Morgan fingerprint density at radius 1 is 1.38 bits per heavy atom. The second kappa shape index (κ2) is 5.31. The third kappa shape index (κ3) is 2.48. The fraction of sp³-hybridized carbons (Fsp3) is 0.200. The molecule has 3 aromatic rings. The molecule has 8 nitrogen and oxygen atoms in total. The number of nitrogens with one attached hydrogen (secondary N) is 1. The maximum absolute atomic E-state index is 11.6. The van der Waals surface area contributed by atoms with Gasteiger partial charge in [0, 0.05) is 23.9 Å². The first-order valence-corrected chi connectivity index (χ1v) is 8.16. The van der Waals surface area contributed by atoms with Crippen LogP contribution < -0.4 is 16.8 Å². The Hall–Kier alpha value is -2.94. The van der Waals surface area contributed by atoms with E-state index in [1.165, 1.54) is 12.3 Å². The zero-order chi connectivity index (χ0) is 16.8. The van der Waals surface area contributed by atoms with E-state index in [4.69, 9.17) is 11.5 Å². The molecule has 4 rings (SSSR count). The van der Waals surface area contributed by atoms with Gasteiger partial charge in [-0.2, -0.15) is 0 Å². The lowest BCUT2D eigenvalue weighted by Crippen LogP contribution is -2.10. The molecule has 0 saturated heterocycles. The summed E-state index contributed by atoms with van der Waals surface area (Å²) in [5.41, 5.74) is 12.9. The first kappa shape index (κ1) is 14.6. The first-order chi connectivity index (χ1) is 11.5. The average molecular weight is 342 g/mol. The molecule has 0 atom stereocenters. The molecule has 6 N–H and O–H groups in total. The minimum absolute atomic E-state index is 0.125. The second-order valence-corrected chi connectivity index (χ2v) is 6.61. The Morgan fingerprint density at radius 3 is 2.83 bits per heavy atom. The van der Waals surface area contributed by atoms with Crippen LogP contribution in [0.2, 0.25) is 0 Å². The molecular weight excluding hydrogens is 328 g/mol. The van der Waals surface area contributed by atoms with Crippen LogP contribution in [0.5, 0.6) is 5.88 Å². The van der Waals surface area contributed by atoms with Gasteiger partial charge < -0.3 is 21.9 Å². The van der Waals surface area contributed by atoms with Crippen molar-refractivity contribution < 1.29 is 9.90 Å². The van der Waals surface area contributed by atoms with E-state index in [0.29, 0.717) is 33.5 Å². The van der Waals surface area contributed by atoms with Crippen LogP contribution in [0.1, 0.15) is 22.5 Å². The summed E-state index contributed by atoms with van der Waals surface area (Å²) in [7, 11) is 0. The minimum atomic E-state index is -0.601. The van der Waals surface area contributed by atoms with Crippen LogP contribution in [0.15, 0.2) is 18.3 Å². The number of aromatic hydroxyl groups is 1. The molecule has 0 aliphatic heterocycles. The van der Waals surface area contributed by atoms with Crippen molar-refractivity contribution in [2.24, 2.45) is 5.73 Å². The standard InChI is InChI=1S/C15H14N6O2S/c16-10-9-11(6-3-4-18-8(22)5-6)20-15(19-7-1-2-7)21-14(9)24-12(10)13(17)23/h3-5,7H,1-2,16H2,(H2,17,23)(H,18,22)(H,19,20,21). The van der Waals surface area contributed by atoms with Crippen molar-refractivity contribution in [3.63, 3.8) is 0 Å². The topological polar surface area (TPSA) is 140 Å². The highest BCUT2D eigenvalue weighted by Gasteiger charge is 2.25. The molecule has 122 valence electrons. The molecule has 1 aliphatic rings. The Labute approximate surface area is 140 Å². The van der Waals surface area contributed by atoms with Gasteiger partial charge >= 0.3 is 0 Å². The number of thiophene rings is 1. The van der Waals surface area contributed by atoms with Gasteiger partial charge in [-0.05, 0) is 18.9 Å². The predicted molar refractivity (Wildman–Crippen MR) is 91.9 cm³/mol. The minimum Gasteiger partial charge on any atom is -0.493 e. The fourth-order valence-corrected chi connectivity index (χ4v) is 3.40. The van der Waals surface area contributed by atoms with E-state index < -0.39 is 5.91 Å². The number of carbonyl (C=O) groups excluding carboxylic acids is 1. The van der Waals surface area contributed by atoms with E-state index in [9.17, 15) is 9.90 Å². The SMILES string of the molecule is NC(=O)c1sc2nc(NC3CC3)nc(-c3ccnc(O)c3)c2c1N. The van der Waals surface area contributed by atoms with Gasteiger partial charge in [0.15, 0.2) is 0 Å². The van der Waals surface area contributed by atoms with Crippen LogP contribution in [-0.4, -0.2) is 32.0 Å². The monoisotopic (exact) mass is 342 g/mol. The molecule has 0 aromatic carbocycles. The molecule has 1 fully saturated rings. The maximum atomic E-state index is 11.6. The summed E-state index contributed by atoms with van der Waals surface area (Å²) < 4.78 is 0. The molecule has 0 spiro atoms. The number of fused-ring (bicyclic) bond motifs is 1. The van der Waals surface area contributed by atoms with Crippen LogP contribution >= 0.6 is 11.3 Å². The van der Waals surface area contributed by atoms with Gasteiger partial charge in [0.05, 0.1) is 16.8 Å². The molecule has 1 amide bonds. The Bertz CT molecular complexity index is 966. The van der Waals surface area contributed by atoms with E-state index in [0.717, 1.165) is 24.2 Å². The van der Waals surface area contributed by atoms with Gasteiger partial charge in [-0.1, -0.05) is 0 Å². The lowest BCUT2D eigenvalue weighted by atomic mass is 10.1. The fourth-order valence-electron chi connectivity index (χ4n) is 2.45. The third-order valence-electron chi connectivity index (χ3n) is 3.74. The number of nitrogens with two attached hydrogens (primary N) is 2. The van der Waals surface area contributed by atoms with Gasteiger partial charge in [-0.25, -0.2) is 15.0 Å². The number of anilines is 2. The first-order valence-electron chi connectivity index (χ1n) is 7.34. The molecule has 3 aromatic heterocycles. The van der Waals surface area contributed by atoms with Crippen LogP contribution in [0.25, 0.3) is 21.5 Å². The largest absolute Gasteiger partial charge is 0.493 e. The number of aromatic nitrogens is 3. The molecular formula is C15H14N6O2S. The number of hydrogen-bond donors (Lipinski definition) is 4. The molecule has 3 heterocycles. The summed E-state index contributed by atoms with van der Waals surface area (Å²) in [6.07, 6.45) is 3.63. The van der Waals surface area contributed by atoms with Crippen molar-refractivity contribution in [1.29, 1.82) is 0 Å². The highest BCUT2D eigenvalue weighted by atomic mass is 32.1. The molecule has 24 heavy (non-hydrogen) atoms. The summed E-state index contributed by atoms with van der Waals surface area (Å²) >= 11 is 1.14. The summed E-state index contributed by atoms with van der Waals surface area (Å²) in [6, 6.07) is 3.57. The highest BCUT2D eigenvalue weighted by Crippen LogP contribution is 2.39. The quantitative estimate of drug-likeness (QED) is 0.566. The maximum Gasteiger partial charge on any atom is 0.260 e. The Balaban J connectivity index is 1.98. The van der Waals surface area contributed by atoms with E-state index in [-0.39, 0.29) is 16.4 Å². The number of amides is 1. The molecule has 0 unspecified atom stereocenters. The van der Waals surface area contributed by atoms with Crippen molar-refractivity contribution in [1.82, 2.24) is 15.0 Å². The van der Waals surface area contributed by atoms with Crippen LogP contribution in [0.3, 0.4) is 0 Å². The summed E-state index contributed by atoms with van der Waals surface area (Å²) in [6.45, 7) is 0. The molecule has 0 bridgehead atoms. The highest BCUT2D eigenvalue weighted by molar-refractivity contribution is 7.21. The molecule has 1 aliphatic carbocycles. The van der Waals surface area contributed by atoms with Crippen LogP contribution in [-0.2, 0) is 0 Å². The number of pyridine rings is 1. The van der Waals surface area contributed by atoms with E-state index in [1.54, 1.807) is 6.07 Å². The number of nitrogen functional groups attached to an aromatic ring is 1. The third-order valence-corrected chi connectivity index (χ3v) is 4.86. The van der Waals surface area contributed by atoms with Gasteiger partial charge in [0.1, 0.15) is 9.71 Å². The van der Waals surface area contributed by atoms with Crippen molar-refractivity contribution in [2.45, 2.75) is 18.9 Å². The number of rotatable bonds is 4. The van der Waals surface area contributed by atoms with Gasteiger partial charge in [-0.3, -0.25) is 4.79 Å². The lowest BCUT2D eigenvalue weighted by molar-refractivity contribution is 0.100. The molecule has 0 radical (unpaired) electrons. The Kier molecular flexibility index (Phi) is 3.24. The smallest absolute Gasteiger partial charge is 0.260 e. The predicted octanol–water partition coefficient (Wildman–Crippen LogP) is 1.71. The summed E-state index contributed by atoms with van der Waals surface area (Å²) in [5, 5.41) is 13.5. The van der Waals surface area contributed by atoms with Crippen LogP contribution in [0, 0.1) is 0 Å². The van der Waals surface area contributed by atoms with E-state index >= 15 is 0 Å². The van der Waals surface area contributed by atoms with E-state index in [2.05, 4.69) is 20.3 Å². The van der Waals surface area contributed by atoms with Crippen molar-refractivity contribution in [3.8, 4) is 17.1 Å². The zero-order valence-corrected chi connectivity index (χ0v) is 13.3. The molecule has 1 saturated carbocycles. The van der Waals surface area contributed by atoms with Crippen LogP contribution in [0.4, 0.5) is 11.6 Å². The second-order valence-electron chi connectivity index (χ2n) is 5.61. The normalized spacial score (nSPS) is 14.0. The average Bonchev–Trinajstić information content (AvgIpc) is 3.28. The number of nitrogens with zero attached hydrogens (tertiary/aromatic N) is 3. The zero-order valence-electron chi connectivity index (χ0n) is 12.5. The van der Waals surface area contributed by atoms with Gasteiger partial charge in [0.25, 0.3) is 5.91 Å². The number of hydrogen-bond acceptors (Lipinski definition) is 8. The lowest BCUT2D eigenvalue weighted by Gasteiger charge is -2.08. The van der Waals surface area contributed by atoms with Gasteiger partial charge in [-0.15, -0.1) is 11.3 Å². The van der Waals surface area contributed by atoms with Gasteiger partial charge in [0.2, 0.25) is 11.8 Å². The Morgan fingerprint density at radius 2 is 2.17 bits per heavy atom. The number of carbonyl (C=O) groups is 1. The number of primary amides is 1. The summed E-state index contributed by atoms with van der Waals surface area (Å²) in [5.74, 6) is -0.260. The molecule has 9 heteroatoms. The van der Waals surface area contributed by atoms with E-state index in [1.807, 2.05) is 0 Å². The summed E-state index contributed by atoms with van der Waals surface area (Å²) in [4.78, 5) is 25.2.